The number of nitrogens with one attached hydrogen (secondary N) is 1. The van der Waals surface area contributed by atoms with Gasteiger partial charge in [0.15, 0.2) is 0 Å². The van der Waals surface area contributed by atoms with E-state index in [0.717, 1.165) is 17.7 Å². The van der Waals surface area contributed by atoms with E-state index >= 15 is 0 Å². The molecule has 2 aliphatic carbocycles. The summed E-state index contributed by atoms with van der Waals surface area (Å²) < 4.78 is 0. The van der Waals surface area contributed by atoms with Crippen LogP contribution in [0.2, 0.25) is 0 Å². The molecule has 1 N–H and O–H groups in total. The predicted octanol–water partition coefficient (Wildman–Crippen LogP) is 3.96. The number of rotatable bonds is 4. The van der Waals surface area contributed by atoms with E-state index in [4.69, 9.17) is 0 Å². The Kier molecular flexibility index (Phi) is 4.48. The molecular formula is C19H28N4S. The summed E-state index contributed by atoms with van der Waals surface area (Å²) >= 11 is 1.87. The molecule has 4 rings (SSSR count). The van der Waals surface area contributed by atoms with Gasteiger partial charge in [0.1, 0.15) is 17.0 Å². The molecule has 0 aromatic carbocycles. The van der Waals surface area contributed by atoms with Crippen LogP contribution in [-0.2, 0) is 12.8 Å². The molecule has 0 radical (unpaired) electrons. The standard InChI is InChI=1S/C19H28N4S/c1-12-7-13(10-23(2)3)9-14(8-12)22-18-17-15-5-4-6-16(15)24-19(17)21-11-20-18/h11-14H,4-10H2,1-3H3,(H,20,21,22). The van der Waals surface area contributed by atoms with Crippen LogP contribution >= 0.6 is 11.3 Å². The monoisotopic (exact) mass is 344 g/mol. The summed E-state index contributed by atoms with van der Waals surface area (Å²) in [5.41, 5.74) is 1.52. The van der Waals surface area contributed by atoms with Gasteiger partial charge in [-0.1, -0.05) is 6.92 Å². The summed E-state index contributed by atoms with van der Waals surface area (Å²) in [6.45, 7) is 3.59. The van der Waals surface area contributed by atoms with E-state index in [0.29, 0.717) is 6.04 Å². The number of aromatic nitrogens is 2. The van der Waals surface area contributed by atoms with E-state index in [1.165, 1.54) is 65.7 Å². The Labute approximate surface area is 148 Å². The van der Waals surface area contributed by atoms with Crippen LogP contribution in [-0.4, -0.2) is 41.5 Å². The maximum absolute atomic E-state index is 4.64. The molecule has 2 heterocycles. The number of hydrogen-bond donors (Lipinski definition) is 1. The number of anilines is 1. The number of fused-ring (bicyclic) bond motifs is 3. The third-order valence-corrected chi connectivity index (χ3v) is 6.71. The summed E-state index contributed by atoms with van der Waals surface area (Å²) in [7, 11) is 4.37. The molecule has 2 aliphatic rings. The number of aryl methyl sites for hydroxylation is 2. The molecule has 130 valence electrons. The minimum atomic E-state index is 0.536. The van der Waals surface area contributed by atoms with Crippen LogP contribution in [0.1, 0.15) is 43.0 Å². The Morgan fingerprint density at radius 3 is 2.92 bits per heavy atom. The first-order chi connectivity index (χ1) is 11.6. The van der Waals surface area contributed by atoms with E-state index in [1.54, 1.807) is 6.33 Å². The molecule has 0 saturated heterocycles. The highest BCUT2D eigenvalue weighted by Crippen LogP contribution is 2.40. The lowest BCUT2D eigenvalue weighted by Crippen LogP contribution is -2.35. The Balaban J connectivity index is 1.57. The Bertz CT molecular complexity index is 721. The van der Waals surface area contributed by atoms with Gasteiger partial charge in [-0.2, -0.15) is 0 Å². The van der Waals surface area contributed by atoms with Gasteiger partial charge >= 0.3 is 0 Å². The van der Waals surface area contributed by atoms with Crippen molar-refractivity contribution in [2.24, 2.45) is 11.8 Å². The van der Waals surface area contributed by atoms with Crippen LogP contribution in [0, 0.1) is 11.8 Å². The van der Waals surface area contributed by atoms with Crippen molar-refractivity contribution in [3.63, 3.8) is 0 Å². The first kappa shape index (κ1) is 16.3. The minimum absolute atomic E-state index is 0.536. The van der Waals surface area contributed by atoms with E-state index in [1.807, 2.05) is 11.3 Å². The third kappa shape index (κ3) is 3.16. The van der Waals surface area contributed by atoms with Crippen molar-refractivity contribution in [2.75, 3.05) is 26.0 Å². The van der Waals surface area contributed by atoms with E-state index < -0.39 is 0 Å². The predicted molar refractivity (Wildman–Crippen MR) is 102 cm³/mol. The van der Waals surface area contributed by atoms with Gasteiger partial charge in [-0.3, -0.25) is 0 Å². The van der Waals surface area contributed by atoms with Crippen molar-refractivity contribution in [3.8, 4) is 0 Å². The molecule has 0 bridgehead atoms. The highest BCUT2D eigenvalue weighted by Gasteiger charge is 2.28. The fourth-order valence-corrected chi connectivity index (χ4v) is 5.99. The summed E-state index contributed by atoms with van der Waals surface area (Å²) in [5, 5.41) is 5.13. The molecule has 1 fully saturated rings. The average Bonchev–Trinajstić information content (AvgIpc) is 3.06. The molecule has 2 aromatic rings. The fraction of sp³-hybridized carbons (Fsp3) is 0.684. The Hall–Kier alpha value is -1.20. The number of hydrogen-bond acceptors (Lipinski definition) is 5. The summed E-state index contributed by atoms with van der Waals surface area (Å²) in [6, 6.07) is 0.536. The molecule has 1 saturated carbocycles. The van der Waals surface area contributed by atoms with Crippen molar-refractivity contribution in [2.45, 2.75) is 51.5 Å². The van der Waals surface area contributed by atoms with Gasteiger partial charge in [0.2, 0.25) is 0 Å². The molecule has 0 aliphatic heterocycles. The first-order valence-corrected chi connectivity index (χ1v) is 10.1. The second-order valence-corrected chi connectivity index (χ2v) is 9.13. The van der Waals surface area contributed by atoms with Crippen molar-refractivity contribution < 1.29 is 0 Å². The fourth-order valence-electron chi connectivity index (χ4n) is 4.76. The van der Waals surface area contributed by atoms with Crippen molar-refractivity contribution in [1.29, 1.82) is 0 Å². The van der Waals surface area contributed by atoms with Crippen molar-refractivity contribution in [3.05, 3.63) is 16.8 Å². The summed E-state index contributed by atoms with van der Waals surface area (Å²) in [5.74, 6) is 2.65. The third-order valence-electron chi connectivity index (χ3n) is 5.51. The molecular weight excluding hydrogens is 316 g/mol. The smallest absolute Gasteiger partial charge is 0.138 e. The van der Waals surface area contributed by atoms with Crippen LogP contribution in [0.4, 0.5) is 5.82 Å². The number of nitrogens with zero attached hydrogens (tertiary/aromatic N) is 3. The highest BCUT2D eigenvalue weighted by molar-refractivity contribution is 7.19. The molecule has 3 unspecified atom stereocenters. The zero-order valence-electron chi connectivity index (χ0n) is 15.0. The maximum Gasteiger partial charge on any atom is 0.138 e. The van der Waals surface area contributed by atoms with Crippen molar-refractivity contribution >= 4 is 27.4 Å². The highest BCUT2D eigenvalue weighted by atomic mass is 32.1. The van der Waals surface area contributed by atoms with Crippen LogP contribution in [0.25, 0.3) is 10.2 Å². The zero-order valence-corrected chi connectivity index (χ0v) is 15.8. The molecule has 24 heavy (non-hydrogen) atoms. The van der Waals surface area contributed by atoms with E-state index in [-0.39, 0.29) is 0 Å². The lowest BCUT2D eigenvalue weighted by molar-refractivity contribution is 0.213. The summed E-state index contributed by atoms with van der Waals surface area (Å²) in [4.78, 5) is 14.2. The molecule has 4 nitrogen and oxygen atoms in total. The van der Waals surface area contributed by atoms with Gasteiger partial charge in [-0.05, 0) is 70.0 Å². The average molecular weight is 345 g/mol. The second-order valence-electron chi connectivity index (χ2n) is 8.04. The number of thiophene rings is 1. The molecule has 5 heteroatoms. The van der Waals surface area contributed by atoms with Gasteiger partial charge in [-0.15, -0.1) is 11.3 Å². The van der Waals surface area contributed by atoms with Gasteiger partial charge in [0.05, 0.1) is 5.39 Å². The van der Waals surface area contributed by atoms with Crippen LogP contribution in [0.3, 0.4) is 0 Å². The SMILES string of the molecule is CC1CC(CN(C)C)CC(Nc2ncnc3sc4c(c23)CCC4)C1. The van der Waals surface area contributed by atoms with E-state index in [9.17, 15) is 0 Å². The molecule has 2 aromatic heterocycles. The zero-order chi connectivity index (χ0) is 16.7. The molecule has 0 spiro atoms. The lowest BCUT2D eigenvalue weighted by atomic mass is 9.79. The van der Waals surface area contributed by atoms with Gasteiger partial charge < -0.3 is 10.2 Å². The topological polar surface area (TPSA) is 41.0 Å². The first-order valence-electron chi connectivity index (χ1n) is 9.26. The van der Waals surface area contributed by atoms with Gasteiger partial charge in [0, 0.05) is 17.5 Å². The lowest BCUT2D eigenvalue weighted by Gasteiger charge is -2.35. The quantitative estimate of drug-likeness (QED) is 0.911. The molecule has 3 atom stereocenters. The van der Waals surface area contributed by atoms with Crippen molar-refractivity contribution in [1.82, 2.24) is 14.9 Å². The Morgan fingerprint density at radius 2 is 2.08 bits per heavy atom. The van der Waals surface area contributed by atoms with Crippen LogP contribution in [0.15, 0.2) is 6.33 Å². The van der Waals surface area contributed by atoms with Crippen LogP contribution < -0.4 is 5.32 Å². The largest absolute Gasteiger partial charge is 0.367 e. The second kappa shape index (κ2) is 6.60. The van der Waals surface area contributed by atoms with Gasteiger partial charge in [-0.25, -0.2) is 9.97 Å². The normalized spacial score (nSPS) is 26.9. The van der Waals surface area contributed by atoms with Crippen LogP contribution in [0.5, 0.6) is 0 Å². The maximum atomic E-state index is 4.64. The van der Waals surface area contributed by atoms with E-state index in [2.05, 4.69) is 41.2 Å². The minimum Gasteiger partial charge on any atom is -0.367 e. The Morgan fingerprint density at radius 1 is 1.21 bits per heavy atom. The van der Waals surface area contributed by atoms with Gasteiger partial charge in [0.25, 0.3) is 0 Å². The summed E-state index contributed by atoms with van der Waals surface area (Å²) in [6.07, 6.45) is 9.30. The molecule has 0 amide bonds.